The molecule has 0 heterocycles. The first kappa shape index (κ1) is 36.2. The number of ether oxygens (including phenoxy) is 4. The Morgan fingerprint density at radius 2 is 1.05 bits per heavy atom. The number of carbonyl (C=O) groups is 3. The molecule has 0 fully saturated rings. The first-order valence-corrected chi connectivity index (χ1v) is 4.65. The van der Waals surface area contributed by atoms with Gasteiger partial charge in [-0.05, 0) is 6.92 Å². The number of hydrogen-bond donors (Lipinski definition) is 0. The van der Waals surface area contributed by atoms with E-state index in [1.807, 2.05) is 0 Å². The van der Waals surface area contributed by atoms with Crippen LogP contribution in [0.4, 0.5) is 4.79 Å². The molecule has 20 heavy (non-hydrogen) atoms. The summed E-state index contributed by atoms with van der Waals surface area (Å²) in [5, 5.41) is 0. The lowest BCUT2D eigenvalue weighted by atomic mass is 10.8. The Hall–Kier alpha value is -1.79. The summed E-state index contributed by atoms with van der Waals surface area (Å²) in [5.74, 6) is -0.456. The van der Waals surface area contributed by atoms with Gasteiger partial charge < -0.3 is 18.9 Å². The Kier molecular flexibility index (Phi) is 54.9. The van der Waals surface area contributed by atoms with E-state index in [2.05, 4.69) is 18.9 Å². The summed E-state index contributed by atoms with van der Waals surface area (Å²) >= 11 is 0. The minimum atomic E-state index is -0.657. The van der Waals surface area contributed by atoms with Crippen LogP contribution in [0.2, 0.25) is 0 Å². The maximum atomic E-state index is 9.82. The van der Waals surface area contributed by atoms with Gasteiger partial charge in [0.15, 0.2) is 0 Å². The number of carbonyl (C=O) groups excluding carboxylic acids is 3. The zero-order valence-corrected chi connectivity index (χ0v) is 11.1. The van der Waals surface area contributed by atoms with Crippen molar-refractivity contribution in [2.75, 3.05) is 27.9 Å². The summed E-state index contributed by atoms with van der Waals surface area (Å²) in [6.07, 6.45) is -0.657. The molecule has 0 saturated heterocycles. The lowest BCUT2D eigenvalue weighted by Gasteiger charge is -1.89. The summed E-state index contributed by atoms with van der Waals surface area (Å²) in [7, 11) is 3.86. The van der Waals surface area contributed by atoms with Crippen LogP contribution in [0.3, 0.4) is 0 Å². The van der Waals surface area contributed by atoms with Crippen molar-refractivity contribution in [1.82, 2.24) is 0 Å². The van der Waals surface area contributed by atoms with Crippen LogP contribution in [0.15, 0.2) is 0 Å². The van der Waals surface area contributed by atoms with E-state index < -0.39 is 6.16 Å². The van der Waals surface area contributed by atoms with Crippen molar-refractivity contribution in [3.8, 4) is 0 Å². The van der Waals surface area contributed by atoms with Gasteiger partial charge in [-0.1, -0.05) is 22.3 Å². The molecule has 7 nitrogen and oxygen atoms in total. The molecule has 0 saturated carbocycles. The van der Waals surface area contributed by atoms with Gasteiger partial charge in [-0.25, -0.2) is 4.79 Å². The average Bonchev–Trinajstić information content (AvgIpc) is 2.29. The fraction of sp³-hybridized carbons (Fsp3) is 0.769. The Bertz CT molecular complexity index is 209. The molecule has 0 amide bonds. The molecule has 0 unspecified atom stereocenters. The third-order valence-electron chi connectivity index (χ3n) is 0.968. The van der Waals surface area contributed by atoms with Gasteiger partial charge in [-0.3, -0.25) is 9.59 Å². The van der Waals surface area contributed by atoms with Crippen molar-refractivity contribution in [2.45, 2.75) is 43.1 Å². The largest absolute Gasteiger partial charge is 0.507 e. The molecule has 0 atom stereocenters. The fourth-order valence-corrected chi connectivity index (χ4v) is 0.287. The Morgan fingerprint density at radius 1 is 0.750 bits per heavy atom. The van der Waals surface area contributed by atoms with Crippen LogP contribution < -0.4 is 0 Å². The van der Waals surface area contributed by atoms with E-state index in [0.29, 0.717) is 6.61 Å². The van der Waals surface area contributed by atoms with Gasteiger partial charge in [0.25, 0.3) is 0 Å². The Morgan fingerprint density at radius 3 is 1.05 bits per heavy atom. The van der Waals surface area contributed by atoms with E-state index in [0.717, 1.165) is 0 Å². The smallest absolute Gasteiger partial charge is 0.469 e. The lowest BCUT2D eigenvalue weighted by Crippen LogP contribution is -1.97. The van der Waals surface area contributed by atoms with Crippen molar-refractivity contribution in [3.05, 3.63) is 0 Å². The van der Waals surface area contributed by atoms with E-state index in [4.69, 9.17) is 0 Å². The number of methoxy groups -OCH3 is 3. The first-order chi connectivity index (χ1) is 7.85. The molecule has 0 spiro atoms. The summed E-state index contributed by atoms with van der Waals surface area (Å²) in [6.45, 7) is 5.01. The second-order valence-electron chi connectivity index (χ2n) is 2.28. The number of hydrogen-bond acceptors (Lipinski definition) is 7. The molecule has 0 aliphatic heterocycles. The molecule has 0 aromatic rings. The van der Waals surface area contributed by atoms with Crippen LogP contribution in [0.1, 0.15) is 43.1 Å². The van der Waals surface area contributed by atoms with Gasteiger partial charge in [0.1, 0.15) is 0 Å². The monoisotopic (exact) mass is 300 g/mol. The molecule has 0 aromatic heterocycles. The van der Waals surface area contributed by atoms with Gasteiger partial charge in [0.05, 0.1) is 27.9 Å². The van der Waals surface area contributed by atoms with Crippen molar-refractivity contribution in [3.63, 3.8) is 0 Å². The second-order valence-corrected chi connectivity index (χ2v) is 2.28. The van der Waals surface area contributed by atoms with Crippen LogP contribution in [-0.2, 0) is 28.5 Å². The van der Waals surface area contributed by atoms with Crippen LogP contribution in [-0.4, -0.2) is 46.0 Å². The predicted molar refractivity (Wildman–Crippen MR) is 79.6 cm³/mol. The molecular weight excluding hydrogens is 268 g/mol. The maximum absolute atomic E-state index is 9.82. The Labute approximate surface area is 123 Å². The zero-order valence-electron chi connectivity index (χ0n) is 11.1. The highest BCUT2D eigenvalue weighted by Crippen LogP contribution is 1.72. The summed E-state index contributed by atoms with van der Waals surface area (Å²) in [5.41, 5.74) is 0. The molecule has 0 bridgehead atoms. The lowest BCUT2D eigenvalue weighted by molar-refractivity contribution is -0.140. The highest BCUT2D eigenvalue weighted by atomic mass is 16.7. The van der Waals surface area contributed by atoms with Gasteiger partial charge in [0.2, 0.25) is 0 Å². The summed E-state index contributed by atoms with van der Waals surface area (Å²) in [4.78, 5) is 29.1. The number of rotatable bonds is 1. The third-order valence-corrected chi connectivity index (χ3v) is 0.968. The van der Waals surface area contributed by atoms with Crippen LogP contribution in [0, 0.1) is 0 Å². The summed E-state index contributed by atoms with van der Waals surface area (Å²) in [6, 6.07) is 0. The normalized spacial score (nSPS) is 6.10. The van der Waals surface area contributed by atoms with Gasteiger partial charge in [0, 0.05) is 13.8 Å². The van der Waals surface area contributed by atoms with Crippen molar-refractivity contribution < 1.29 is 33.3 Å². The highest BCUT2D eigenvalue weighted by Gasteiger charge is 1.88. The molecule has 0 aliphatic rings. The molecule has 0 radical (unpaired) electrons. The SMILES string of the molecule is C.C.C.CCOC(C)=O.COC(=O)OC.COC(C)=O. The minimum Gasteiger partial charge on any atom is -0.469 e. The van der Waals surface area contributed by atoms with Gasteiger partial charge in [-0.15, -0.1) is 0 Å². The van der Waals surface area contributed by atoms with Crippen LogP contribution >= 0.6 is 0 Å². The second kappa shape index (κ2) is 30.3. The van der Waals surface area contributed by atoms with Crippen LogP contribution in [0.25, 0.3) is 0 Å². The third kappa shape index (κ3) is 72.1. The molecule has 0 aromatic carbocycles. The Balaban J connectivity index is -0.0000000343. The fourth-order valence-electron chi connectivity index (χ4n) is 0.287. The van der Waals surface area contributed by atoms with E-state index in [-0.39, 0.29) is 34.2 Å². The molecule has 7 heteroatoms. The van der Waals surface area contributed by atoms with Gasteiger partial charge >= 0.3 is 18.1 Å². The van der Waals surface area contributed by atoms with E-state index in [9.17, 15) is 14.4 Å². The van der Waals surface area contributed by atoms with Crippen molar-refractivity contribution >= 4 is 18.1 Å². The maximum Gasteiger partial charge on any atom is 0.507 e. The van der Waals surface area contributed by atoms with Crippen molar-refractivity contribution in [1.29, 1.82) is 0 Å². The standard InChI is InChI=1S/C4H8O2.C3H6O3.C3H6O2.3CH4/c1-3-6-4(2)5;1-5-3(4)6-2;1-3(4)5-2;;;/h3H2,1-2H3;1-2H3;1-2H3;3*1H4. The predicted octanol–water partition coefficient (Wildman–Crippen LogP) is 3.06. The van der Waals surface area contributed by atoms with E-state index >= 15 is 0 Å². The molecule has 0 rings (SSSR count). The minimum absolute atomic E-state index is 0. The van der Waals surface area contributed by atoms with Crippen molar-refractivity contribution in [2.24, 2.45) is 0 Å². The molecule has 0 aliphatic carbocycles. The quantitative estimate of drug-likeness (QED) is 0.543. The van der Waals surface area contributed by atoms with E-state index in [1.54, 1.807) is 6.92 Å². The molecule has 126 valence electrons. The topological polar surface area (TPSA) is 88.1 Å². The van der Waals surface area contributed by atoms with Gasteiger partial charge in [-0.2, -0.15) is 0 Å². The number of esters is 2. The first-order valence-electron chi connectivity index (χ1n) is 4.65. The molecule has 0 N–H and O–H groups in total. The van der Waals surface area contributed by atoms with E-state index in [1.165, 1.54) is 35.2 Å². The highest BCUT2D eigenvalue weighted by molar-refractivity contribution is 5.65. The average molecular weight is 300 g/mol. The molecular formula is C13H32O7. The zero-order chi connectivity index (χ0) is 14.3. The van der Waals surface area contributed by atoms with Crippen LogP contribution in [0.5, 0.6) is 0 Å². The summed E-state index contributed by atoms with van der Waals surface area (Å²) < 4.78 is 16.6.